The Morgan fingerprint density at radius 3 is 2.62 bits per heavy atom. The molecule has 0 bridgehead atoms. The first kappa shape index (κ1) is 11.4. The first-order chi connectivity index (χ1) is 7.74. The van der Waals surface area contributed by atoms with Gasteiger partial charge in [0.05, 0.1) is 0 Å². The quantitative estimate of drug-likeness (QED) is 0.577. The smallest absolute Gasteiger partial charge is 0.137 e. The van der Waals surface area contributed by atoms with Gasteiger partial charge in [-0.3, -0.25) is 0 Å². The molecule has 2 aromatic rings. The van der Waals surface area contributed by atoms with E-state index < -0.39 is 0 Å². The lowest BCUT2D eigenvalue weighted by Crippen LogP contribution is -1.92. The van der Waals surface area contributed by atoms with E-state index >= 15 is 0 Å². The topological polar surface area (TPSA) is 12.9 Å². The summed E-state index contributed by atoms with van der Waals surface area (Å²) in [5.41, 5.74) is 1.76. The van der Waals surface area contributed by atoms with E-state index in [4.69, 9.17) is 23.2 Å². The maximum absolute atomic E-state index is 13.6. The summed E-state index contributed by atoms with van der Waals surface area (Å²) in [6.45, 7) is 0. The van der Waals surface area contributed by atoms with Crippen LogP contribution in [0, 0.1) is 5.82 Å². The number of alkyl halides is 1. The highest BCUT2D eigenvalue weighted by Crippen LogP contribution is 2.32. The van der Waals surface area contributed by atoms with Gasteiger partial charge in [0.2, 0.25) is 0 Å². The second-order valence-corrected chi connectivity index (χ2v) is 3.87. The van der Waals surface area contributed by atoms with Gasteiger partial charge in [0, 0.05) is 23.2 Å². The molecule has 0 amide bonds. The third kappa shape index (κ3) is 2.04. The number of rotatable bonds is 2. The van der Waals surface area contributed by atoms with Gasteiger partial charge in [-0.2, -0.15) is 0 Å². The maximum atomic E-state index is 13.6. The minimum Gasteiger partial charge on any atom is -0.244 e. The predicted molar refractivity (Wildman–Crippen MR) is 64.2 cm³/mol. The van der Waals surface area contributed by atoms with Gasteiger partial charge in [-0.05, 0) is 17.7 Å². The van der Waals surface area contributed by atoms with Crippen LogP contribution in [0.5, 0.6) is 0 Å². The normalized spacial score (nSPS) is 10.4. The number of nitrogens with zero attached hydrogens (tertiary/aromatic N) is 1. The van der Waals surface area contributed by atoms with E-state index in [-0.39, 0.29) is 16.9 Å². The summed E-state index contributed by atoms with van der Waals surface area (Å²) in [6.07, 6.45) is 1.56. The van der Waals surface area contributed by atoms with E-state index in [1.807, 2.05) is 0 Å². The fourth-order valence-electron chi connectivity index (χ4n) is 1.53. The van der Waals surface area contributed by atoms with Crippen LogP contribution < -0.4 is 0 Å². The molecule has 0 fully saturated rings. The molecule has 82 valence electrons. The van der Waals surface area contributed by atoms with Crippen LogP contribution in [0.15, 0.2) is 36.5 Å². The molecule has 0 saturated heterocycles. The fourth-order valence-corrected chi connectivity index (χ4v) is 2.03. The molecule has 1 nitrogen and oxygen atoms in total. The number of pyridine rings is 1. The molecule has 0 spiro atoms. The van der Waals surface area contributed by atoms with Crippen molar-refractivity contribution in [2.75, 3.05) is 0 Å². The molecule has 0 aliphatic heterocycles. The van der Waals surface area contributed by atoms with E-state index in [0.29, 0.717) is 11.1 Å². The zero-order valence-corrected chi connectivity index (χ0v) is 9.76. The largest absolute Gasteiger partial charge is 0.244 e. The summed E-state index contributed by atoms with van der Waals surface area (Å²) in [7, 11) is 0. The van der Waals surface area contributed by atoms with Crippen LogP contribution in [0.1, 0.15) is 5.56 Å². The first-order valence-electron chi connectivity index (χ1n) is 4.68. The highest BCUT2D eigenvalue weighted by molar-refractivity contribution is 6.32. The van der Waals surface area contributed by atoms with Crippen molar-refractivity contribution in [3.05, 3.63) is 53.1 Å². The fraction of sp³-hybridized carbons (Fsp3) is 0.0833. The molecule has 0 saturated carbocycles. The van der Waals surface area contributed by atoms with Gasteiger partial charge >= 0.3 is 0 Å². The van der Waals surface area contributed by atoms with Gasteiger partial charge in [-0.1, -0.05) is 29.8 Å². The molecule has 0 unspecified atom stereocenters. The average molecular weight is 256 g/mol. The molecule has 0 N–H and O–H groups in total. The Hall–Kier alpha value is -1.12. The van der Waals surface area contributed by atoms with Crippen molar-refractivity contribution >= 4 is 23.2 Å². The van der Waals surface area contributed by atoms with Gasteiger partial charge in [-0.15, -0.1) is 11.6 Å². The van der Waals surface area contributed by atoms with Crippen LogP contribution in [0.2, 0.25) is 5.15 Å². The summed E-state index contributed by atoms with van der Waals surface area (Å²) < 4.78 is 13.6. The van der Waals surface area contributed by atoms with E-state index in [9.17, 15) is 4.39 Å². The number of halogens is 3. The van der Waals surface area contributed by atoms with Gasteiger partial charge in [0.15, 0.2) is 0 Å². The van der Waals surface area contributed by atoms with Crippen molar-refractivity contribution in [2.24, 2.45) is 0 Å². The Bertz CT molecular complexity index is 514. The molecule has 0 aliphatic rings. The van der Waals surface area contributed by atoms with Crippen molar-refractivity contribution in [2.45, 2.75) is 5.88 Å². The SMILES string of the molecule is Fc1ccccc1-c1c(CCl)ccnc1Cl. The monoisotopic (exact) mass is 255 g/mol. The summed E-state index contributed by atoms with van der Waals surface area (Å²) in [6, 6.07) is 8.16. The molecule has 1 heterocycles. The number of hydrogen-bond acceptors (Lipinski definition) is 1. The van der Waals surface area contributed by atoms with E-state index in [1.54, 1.807) is 30.5 Å². The predicted octanol–water partition coefficient (Wildman–Crippen LogP) is 4.28. The lowest BCUT2D eigenvalue weighted by molar-refractivity contribution is 0.631. The Labute approximate surface area is 103 Å². The number of aromatic nitrogens is 1. The third-order valence-corrected chi connectivity index (χ3v) is 2.85. The molecule has 0 atom stereocenters. The zero-order chi connectivity index (χ0) is 11.5. The van der Waals surface area contributed by atoms with Crippen LogP contribution >= 0.6 is 23.2 Å². The van der Waals surface area contributed by atoms with Crippen LogP contribution in [0.3, 0.4) is 0 Å². The zero-order valence-electron chi connectivity index (χ0n) is 8.25. The summed E-state index contributed by atoms with van der Waals surface area (Å²) in [4.78, 5) is 3.95. The lowest BCUT2D eigenvalue weighted by Gasteiger charge is -2.09. The number of benzene rings is 1. The molecule has 0 aliphatic carbocycles. The van der Waals surface area contributed by atoms with E-state index in [0.717, 1.165) is 5.56 Å². The van der Waals surface area contributed by atoms with Crippen LogP contribution in [-0.2, 0) is 5.88 Å². The maximum Gasteiger partial charge on any atom is 0.137 e. The molecule has 2 rings (SSSR count). The third-order valence-electron chi connectivity index (χ3n) is 2.28. The van der Waals surface area contributed by atoms with Crippen molar-refractivity contribution < 1.29 is 4.39 Å². The minimum atomic E-state index is -0.330. The van der Waals surface area contributed by atoms with Gasteiger partial charge in [-0.25, -0.2) is 9.37 Å². The summed E-state index contributed by atoms with van der Waals surface area (Å²) in [5, 5.41) is 0.267. The molecular formula is C12H8Cl2FN. The Kier molecular flexibility index (Phi) is 3.42. The summed E-state index contributed by atoms with van der Waals surface area (Å²) >= 11 is 11.8. The van der Waals surface area contributed by atoms with Crippen molar-refractivity contribution in [3.63, 3.8) is 0 Å². The van der Waals surface area contributed by atoms with Gasteiger partial charge < -0.3 is 0 Å². The highest BCUT2D eigenvalue weighted by atomic mass is 35.5. The van der Waals surface area contributed by atoms with Gasteiger partial charge in [0.1, 0.15) is 11.0 Å². The molecular weight excluding hydrogens is 248 g/mol. The van der Waals surface area contributed by atoms with Crippen LogP contribution in [-0.4, -0.2) is 4.98 Å². The first-order valence-corrected chi connectivity index (χ1v) is 5.59. The second-order valence-electron chi connectivity index (χ2n) is 3.25. The average Bonchev–Trinajstić information content (AvgIpc) is 2.30. The standard InChI is InChI=1S/C12H8Cl2FN/c13-7-8-5-6-16-12(14)11(8)9-3-1-2-4-10(9)15/h1-6H,7H2. The molecule has 1 aromatic heterocycles. The van der Waals surface area contributed by atoms with Crippen LogP contribution in [0.25, 0.3) is 11.1 Å². The van der Waals surface area contributed by atoms with E-state index in [1.165, 1.54) is 6.07 Å². The molecule has 1 aromatic carbocycles. The van der Waals surface area contributed by atoms with Gasteiger partial charge in [0.25, 0.3) is 0 Å². The number of hydrogen-bond donors (Lipinski definition) is 0. The van der Waals surface area contributed by atoms with Crippen molar-refractivity contribution in [1.82, 2.24) is 4.98 Å². The second kappa shape index (κ2) is 4.81. The van der Waals surface area contributed by atoms with Crippen molar-refractivity contribution in [3.8, 4) is 11.1 Å². The lowest BCUT2D eigenvalue weighted by atomic mass is 10.0. The van der Waals surface area contributed by atoms with Crippen LogP contribution in [0.4, 0.5) is 4.39 Å². The van der Waals surface area contributed by atoms with E-state index in [2.05, 4.69) is 4.98 Å². The minimum absolute atomic E-state index is 0.267. The molecule has 4 heteroatoms. The Balaban J connectivity index is 2.68. The highest BCUT2D eigenvalue weighted by Gasteiger charge is 2.13. The molecule has 16 heavy (non-hydrogen) atoms. The molecule has 0 radical (unpaired) electrons. The Morgan fingerprint density at radius 2 is 1.94 bits per heavy atom. The summed E-state index contributed by atoms with van der Waals surface area (Å²) in [5.74, 6) is -0.0601. The van der Waals surface area contributed by atoms with Crippen molar-refractivity contribution in [1.29, 1.82) is 0 Å². The Morgan fingerprint density at radius 1 is 1.19 bits per heavy atom.